The molecule has 0 aliphatic heterocycles. The Kier molecular flexibility index (Phi) is 7.28. The Bertz CT molecular complexity index is 922. The summed E-state index contributed by atoms with van der Waals surface area (Å²) in [4.78, 5) is 12.6. The minimum Gasteiger partial charge on any atom is -0.490 e. The fourth-order valence-electron chi connectivity index (χ4n) is 2.78. The van der Waals surface area contributed by atoms with Crippen molar-refractivity contribution in [3.8, 4) is 11.5 Å². The summed E-state index contributed by atoms with van der Waals surface area (Å²) < 4.78 is 13.3. The van der Waals surface area contributed by atoms with Gasteiger partial charge in [0.1, 0.15) is 0 Å². The van der Waals surface area contributed by atoms with Crippen LogP contribution in [0.25, 0.3) is 0 Å². The zero-order valence-corrected chi connectivity index (χ0v) is 16.9. The van der Waals surface area contributed by atoms with E-state index in [4.69, 9.17) is 9.47 Å². The van der Waals surface area contributed by atoms with Gasteiger partial charge in [-0.1, -0.05) is 44.2 Å². The summed E-state index contributed by atoms with van der Waals surface area (Å²) in [5.74, 6) is 1.11. The molecular formula is C23H27N3O3. The zero-order chi connectivity index (χ0) is 20.5. The number of amides is 1. The quantitative estimate of drug-likeness (QED) is 0.539. The van der Waals surface area contributed by atoms with Crippen molar-refractivity contribution in [3.63, 3.8) is 0 Å². The van der Waals surface area contributed by atoms with Crippen molar-refractivity contribution in [2.24, 2.45) is 0 Å². The molecule has 0 saturated heterocycles. The Morgan fingerprint density at radius 1 is 1.00 bits per heavy atom. The molecule has 0 fully saturated rings. The third-order valence-corrected chi connectivity index (χ3v) is 4.21. The van der Waals surface area contributed by atoms with E-state index in [1.54, 1.807) is 23.1 Å². The fourth-order valence-corrected chi connectivity index (χ4v) is 2.78. The van der Waals surface area contributed by atoms with Crippen LogP contribution >= 0.6 is 0 Å². The van der Waals surface area contributed by atoms with Gasteiger partial charge >= 0.3 is 0 Å². The number of aromatic nitrogens is 2. The Hall–Kier alpha value is -3.28. The second-order valence-electron chi connectivity index (χ2n) is 6.72. The van der Waals surface area contributed by atoms with Crippen LogP contribution in [0, 0.1) is 0 Å². The molecule has 1 heterocycles. The summed E-state index contributed by atoms with van der Waals surface area (Å²) in [6.45, 7) is 5.93. The van der Waals surface area contributed by atoms with Crippen molar-refractivity contribution < 1.29 is 14.3 Å². The fraction of sp³-hybridized carbons (Fsp3) is 0.304. The van der Waals surface area contributed by atoms with E-state index in [0.29, 0.717) is 42.5 Å². The highest BCUT2D eigenvalue weighted by atomic mass is 16.5. The van der Waals surface area contributed by atoms with Crippen LogP contribution in [0.15, 0.2) is 60.9 Å². The van der Waals surface area contributed by atoms with E-state index in [0.717, 1.165) is 18.4 Å². The molecule has 29 heavy (non-hydrogen) atoms. The number of hydrogen-bond donors (Lipinski definition) is 1. The van der Waals surface area contributed by atoms with Crippen LogP contribution in [0.2, 0.25) is 0 Å². The maximum Gasteiger partial charge on any atom is 0.258 e. The first kappa shape index (κ1) is 20.5. The van der Waals surface area contributed by atoms with Gasteiger partial charge in [-0.2, -0.15) is 5.10 Å². The van der Waals surface area contributed by atoms with E-state index >= 15 is 0 Å². The molecule has 1 aromatic heterocycles. The van der Waals surface area contributed by atoms with Crippen molar-refractivity contribution in [2.75, 3.05) is 18.5 Å². The lowest BCUT2D eigenvalue weighted by Crippen LogP contribution is -2.11. The number of hydrogen-bond acceptors (Lipinski definition) is 4. The summed E-state index contributed by atoms with van der Waals surface area (Å²) in [5.41, 5.74) is 2.28. The molecular weight excluding hydrogens is 366 g/mol. The molecule has 1 N–H and O–H groups in total. The van der Waals surface area contributed by atoms with Crippen LogP contribution in [0.5, 0.6) is 11.5 Å². The van der Waals surface area contributed by atoms with E-state index in [2.05, 4.69) is 17.3 Å². The average Bonchev–Trinajstić information content (AvgIpc) is 3.21. The number of rotatable bonds is 10. The van der Waals surface area contributed by atoms with E-state index in [1.807, 2.05) is 49.4 Å². The SMILES string of the molecule is CCCOc1ccc(NC(=O)c2cnn(Cc3ccccc3)c2)cc1OCCC. The predicted octanol–water partition coefficient (Wildman–Crippen LogP) is 4.76. The number of ether oxygens (including phenoxy) is 2. The molecule has 3 rings (SSSR count). The molecule has 1 amide bonds. The Morgan fingerprint density at radius 2 is 1.72 bits per heavy atom. The molecule has 2 aromatic carbocycles. The molecule has 0 unspecified atom stereocenters. The van der Waals surface area contributed by atoms with Crippen molar-refractivity contribution in [1.82, 2.24) is 9.78 Å². The number of benzene rings is 2. The maximum atomic E-state index is 12.6. The molecule has 0 radical (unpaired) electrons. The molecule has 0 saturated carbocycles. The van der Waals surface area contributed by atoms with Gasteiger partial charge in [-0.15, -0.1) is 0 Å². The van der Waals surface area contributed by atoms with Gasteiger partial charge in [0.25, 0.3) is 5.91 Å². The van der Waals surface area contributed by atoms with Gasteiger partial charge < -0.3 is 14.8 Å². The van der Waals surface area contributed by atoms with E-state index in [-0.39, 0.29) is 5.91 Å². The van der Waals surface area contributed by atoms with Gasteiger partial charge in [-0.25, -0.2) is 0 Å². The van der Waals surface area contributed by atoms with Gasteiger partial charge in [-0.05, 0) is 30.5 Å². The maximum absolute atomic E-state index is 12.6. The number of anilines is 1. The van der Waals surface area contributed by atoms with Gasteiger partial charge in [0.2, 0.25) is 0 Å². The third-order valence-electron chi connectivity index (χ3n) is 4.21. The molecule has 6 nitrogen and oxygen atoms in total. The number of nitrogens with zero attached hydrogens (tertiary/aromatic N) is 2. The minimum atomic E-state index is -0.215. The molecule has 3 aromatic rings. The second kappa shape index (κ2) is 10.3. The number of carbonyl (C=O) groups is 1. The lowest BCUT2D eigenvalue weighted by Gasteiger charge is -2.14. The van der Waals surface area contributed by atoms with Crippen LogP contribution < -0.4 is 14.8 Å². The Morgan fingerprint density at radius 3 is 2.45 bits per heavy atom. The largest absolute Gasteiger partial charge is 0.490 e. The normalized spacial score (nSPS) is 10.6. The van der Waals surface area contributed by atoms with Gasteiger partial charge in [-0.3, -0.25) is 9.48 Å². The zero-order valence-electron chi connectivity index (χ0n) is 16.9. The first-order valence-corrected chi connectivity index (χ1v) is 9.97. The number of nitrogens with one attached hydrogen (secondary N) is 1. The van der Waals surface area contributed by atoms with E-state index < -0.39 is 0 Å². The molecule has 6 heteroatoms. The lowest BCUT2D eigenvalue weighted by atomic mass is 10.2. The van der Waals surface area contributed by atoms with E-state index in [9.17, 15) is 4.79 Å². The summed E-state index contributed by atoms with van der Waals surface area (Å²) in [7, 11) is 0. The van der Waals surface area contributed by atoms with Crippen LogP contribution in [0.3, 0.4) is 0 Å². The van der Waals surface area contributed by atoms with Gasteiger partial charge in [0, 0.05) is 18.0 Å². The summed E-state index contributed by atoms with van der Waals surface area (Å²) >= 11 is 0. The molecule has 0 spiro atoms. The third kappa shape index (κ3) is 5.85. The Labute approximate surface area is 171 Å². The summed E-state index contributed by atoms with van der Waals surface area (Å²) in [6, 6.07) is 15.4. The highest BCUT2D eigenvalue weighted by molar-refractivity contribution is 6.04. The molecule has 0 aliphatic rings. The van der Waals surface area contributed by atoms with Crippen LogP contribution in [0.1, 0.15) is 42.6 Å². The first-order valence-electron chi connectivity index (χ1n) is 9.97. The average molecular weight is 393 g/mol. The topological polar surface area (TPSA) is 65.4 Å². The summed E-state index contributed by atoms with van der Waals surface area (Å²) in [5, 5.41) is 7.20. The van der Waals surface area contributed by atoms with Crippen molar-refractivity contribution in [1.29, 1.82) is 0 Å². The van der Waals surface area contributed by atoms with Gasteiger partial charge in [0.15, 0.2) is 11.5 Å². The summed E-state index contributed by atoms with van der Waals surface area (Å²) in [6.07, 6.45) is 5.13. The van der Waals surface area contributed by atoms with E-state index in [1.165, 1.54) is 0 Å². The first-order chi connectivity index (χ1) is 14.2. The number of carbonyl (C=O) groups excluding carboxylic acids is 1. The van der Waals surface area contributed by atoms with Crippen LogP contribution in [-0.4, -0.2) is 28.9 Å². The smallest absolute Gasteiger partial charge is 0.258 e. The predicted molar refractivity (Wildman–Crippen MR) is 114 cm³/mol. The standard InChI is InChI=1S/C23H27N3O3/c1-3-12-28-21-11-10-20(14-22(21)29-13-4-2)25-23(27)19-15-24-26(17-19)16-18-8-6-5-7-9-18/h5-11,14-15,17H,3-4,12-13,16H2,1-2H3,(H,25,27). The molecule has 152 valence electrons. The van der Waals surface area contributed by atoms with Crippen LogP contribution in [-0.2, 0) is 6.54 Å². The molecule has 0 aliphatic carbocycles. The van der Waals surface area contributed by atoms with Crippen molar-refractivity contribution >= 4 is 11.6 Å². The van der Waals surface area contributed by atoms with Gasteiger partial charge in [0.05, 0.1) is 31.5 Å². The van der Waals surface area contributed by atoms with Crippen molar-refractivity contribution in [3.05, 3.63) is 72.1 Å². The highest BCUT2D eigenvalue weighted by Gasteiger charge is 2.12. The molecule has 0 atom stereocenters. The second-order valence-corrected chi connectivity index (χ2v) is 6.72. The van der Waals surface area contributed by atoms with Crippen molar-refractivity contribution in [2.45, 2.75) is 33.2 Å². The highest BCUT2D eigenvalue weighted by Crippen LogP contribution is 2.31. The lowest BCUT2D eigenvalue weighted by molar-refractivity contribution is 0.102. The monoisotopic (exact) mass is 393 g/mol. The Balaban J connectivity index is 1.68. The minimum absolute atomic E-state index is 0.215. The molecule has 0 bridgehead atoms. The van der Waals surface area contributed by atoms with Crippen LogP contribution in [0.4, 0.5) is 5.69 Å².